The number of aliphatic hydroxyl groups excluding tert-OH is 3. The molecule has 0 unspecified atom stereocenters. The van der Waals surface area contributed by atoms with Crippen molar-refractivity contribution in [3.63, 3.8) is 0 Å². The second-order valence-electron chi connectivity index (χ2n) is 11.0. The number of amides is 1. The van der Waals surface area contributed by atoms with Gasteiger partial charge in [-0.05, 0) is 24.6 Å². The van der Waals surface area contributed by atoms with E-state index in [0.717, 1.165) is 12.8 Å². The molecule has 1 aliphatic rings. The molecule has 1 aliphatic heterocycles. The summed E-state index contributed by atoms with van der Waals surface area (Å²) in [5.41, 5.74) is 0.324. The van der Waals surface area contributed by atoms with Gasteiger partial charge in [-0.2, -0.15) is 0 Å². The van der Waals surface area contributed by atoms with Gasteiger partial charge in [0.1, 0.15) is 24.4 Å². The van der Waals surface area contributed by atoms with Crippen molar-refractivity contribution in [1.29, 1.82) is 0 Å². The molecule has 0 aromatic heterocycles. The van der Waals surface area contributed by atoms with E-state index in [4.69, 9.17) is 14.6 Å². The van der Waals surface area contributed by atoms with Gasteiger partial charge in [-0.15, -0.1) is 0 Å². The normalized spacial score (nSPS) is 22.8. The second kappa shape index (κ2) is 19.9. The number of aromatic carboxylic acids is 1. The molecule has 1 saturated heterocycles. The standard InChI is InChI=1S/C31H51NO8/c1-2-3-4-5-6-7-8-9-10-11-12-13-14-15-19-39-22-26-29(35)30(36)28(34)25(40-26)21-27(33)32-24-18-16-17-23(20-24)31(37)38/h16-18,20,25-26,28-30,34-36H,2-15,19,21-22H2,1H3,(H,32,33)(H,37,38)/t25-,26-,28-,29-,30-/m1/s1. The maximum Gasteiger partial charge on any atom is 0.335 e. The number of anilines is 1. The van der Waals surface area contributed by atoms with E-state index in [2.05, 4.69) is 12.2 Å². The first-order valence-corrected chi connectivity index (χ1v) is 15.2. The van der Waals surface area contributed by atoms with Gasteiger partial charge in [0.15, 0.2) is 0 Å². The van der Waals surface area contributed by atoms with Crippen LogP contribution in [0.3, 0.4) is 0 Å². The van der Waals surface area contributed by atoms with Crippen LogP contribution in [0.5, 0.6) is 0 Å². The highest BCUT2D eigenvalue weighted by Gasteiger charge is 2.44. The van der Waals surface area contributed by atoms with Gasteiger partial charge in [-0.3, -0.25) is 4.79 Å². The molecule has 5 N–H and O–H groups in total. The average molecular weight is 566 g/mol. The van der Waals surface area contributed by atoms with E-state index in [-0.39, 0.29) is 18.6 Å². The molecule has 0 saturated carbocycles. The molecule has 1 fully saturated rings. The second-order valence-corrected chi connectivity index (χ2v) is 11.0. The Morgan fingerprint density at radius 2 is 1.35 bits per heavy atom. The number of aliphatic hydroxyl groups is 3. The molecule has 9 nitrogen and oxygen atoms in total. The van der Waals surface area contributed by atoms with Gasteiger partial charge in [0.05, 0.1) is 24.7 Å². The fourth-order valence-electron chi connectivity index (χ4n) is 5.06. The van der Waals surface area contributed by atoms with Crippen molar-refractivity contribution in [3.8, 4) is 0 Å². The summed E-state index contributed by atoms with van der Waals surface area (Å²) >= 11 is 0. The molecule has 5 atom stereocenters. The van der Waals surface area contributed by atoms with Crippen molar-refractivity contribution in [2.75, 3.05) is 18.5 Å². The number of carbonyl (C=O) groups is 2. The summed E-state index contributed by atoms with van der Waals surface area (Å²) in [6.45, 7) is 2.80. The summed E-state index contributed by atoms with van der Waals surface area (Å²) in [4.78, 5) is 23.6. The number of hydrogen-bond acceptors (Lipinski definition) is 7. The molecule has 1 aromatic rings. The Morgan fingerprint density at radius 1 is 0.800 bits per heavy atom. The van der Waals surface area contributed by atoms with Crippen LogP contribution >= 0.6 is 0 Å². The molecular weight excluding hydrogens is 514 g/mol. The van der Waals surface area contributed by atoms with Crippen LogP contribution in [0.4, 0.5) is 5.69 Å². The maximum atomic E-state index is 12.5. The highest BCUT2D eigenvalue weighted by Crippen LogP contribution is 2.24. The molecule has 1 aromatic carbocycles. The van der Waals surface area contributed by atoms with E-state index in [9.17, 15) is 24.9 Å². The van der Waals surface area contributed by atoms with Crippen molar-refractivity contribution in [2.45, 2.75) is 134 Å². The number of benzene rings is 1. The summed E-state index contributed by atoms with van der Waals surface area (Å²) in [5, 5.41) is 42.6. The zero-order valence-electron chi connectivity index (χ0n) is 24.1. The fraction of sp³-hybridized carbons (Fsp3) is 0.742. The number of nitrogens with one attached hydrogen (secondary N) is 1. The Bertz CT molecular complexity index is 850. The lowest BCUT2D eigenvalue weighted by Crippen LogP contribution is -2.59. The van der Waals surface area contributed by atoms with E-state index in [1.165, 1.54) is 95.2 Å². The van der Waals surface area contributed by atoms with E-state index >= 15 is 0 Å². The Kier molecular flexibility index (Phi) is 17.0. The number of carboxylic acid groups (broad SMARTS) is 1. The third kappa shape index (κ3) is 13.1. The van der Waals surface area contributed by atoms with E-state index in [1.807, 2.05) is 0 Å². The highest BCUT2D eigenvalue weighted by atomic mass is 16.6. The molecule has 0 radical (unpaired) electrons. The van der Waals surface area contributed by atoms with Gasteiger partial charge in [-0.25, -0.2) is 4.79 Å². The molecule has 1 heterocycles. The molecule has 9 heteroatoms. The van der Waals surface area contributed by atoms with Crippen LogP contribution in [0, 0.1) is 0 Å². The van der Waals surface area contributed by atoms with E-state index in [1.54, 1.807) is 6.07 Å². The Morgan fingerprint density at radius 3 is 1.93 bits per heavy atom. The molecule has 1 amide bonds. The van der Waals surface area contributed by atoms with Crippen molar-refractivity contribution in [3.05, 3.63) is 29.8 Å². The van der Waals surface area contributed by atoms with Crippen LogP contribution in [0.25, 0.3) is 0 Å². The third-order valence-corrected chi connectivity index (χ3v) is 7.52. The Labute approximate surface area is 239 Å². The van der Waals surface area contributed by atoms with Crippen LogP contribution in [0.15, 0.2) is 24.3 Å². The summed E-state index contributed by atoms with van der Waals surface area (Å²) in [7, 11) is 0. The van der Waals surface area contributed by atoms with Crippen LogP contribution < -0.4 is 5.32 Å². The van der Waals surface area contributed by atoms with Crippen LogP contribution in [-0.2, 0) is 14.3 Å². The van der Waals surface area contributed by atoms with Gasteiger partial charge >= 0.3 is 5.97 Å². The van der Waals surface area contributed by atoms with Crippen molar-refractivity contribution < 1.29 is 39.5 Å². The van der Waals surface area contributed by atoms with Crippen LogP contribution in [0.1, 0.15) is 114 Å². The van der Waals surface area contributed by atoms with Crippen LogP contribution in [0.2, 0.25) is 0 Å². The SMILES string of the molecule is CCCCCCCCCCCCCCCCOC[C@H]1O[C@H](CC(=O)Nc2cccc(C(=O)O)c2)[C@@H](O)[C@@H](O)[C@@H]1O. The average Bonchev–Trinajstić information content (AvgIpc) is 2.94. The zero-order valence-corrected chi connectivity index (χ0v) is 24.1. The predicted octanol–water partition coefficient (Wildman–Crippen LogP) is 5.06. The number of ether oxygens (including phenoxy) is 2. The lowest BCUT2D eigenvalue weighted by Gasteiger charge is -2.40. The quantitative estimate of drug-likeness (QED) is 0.130. The number of rotatable bonds is 21. The van der Waals surface area contributed by atoms with E-state index < -0.39 is 42.4 Å². The van der Waals surface area contributed by atoms with Gasteiger partial charge in [0, 0.05) is 12.3 Å². The lowest BCUT2D eigenvalue weighted by molar-refractivity contribution is -0.232. The van der Waals surface area contributed by atoms with Gasteiger partial charge in [-0.1, -0.05) is 96.5 Å². The summed E-state index contributed by atoms with van der Waals surface area (Å²) in [5.74, 6) is -1.63. The molecule has 0 spiro atoms. The largest absolute Gasteiger partial charge is 0.478 e. The first kappa shape index (κ1) is 34.2. The molecule has 228 valence electrons. The number of carbonyl (C=O) groups excluding carboxylic acids is 1. The van der Waals surface area contributed by atoms with Crippen LogP contribution in [-0.4, -0.2) is 76.0 Å². The molecule has 2 rings (SSSR count). The minimum absolute atomic E-state index is 0.0290. The minimum atomic E-state index is -1.48. The number of unbranched alkanes of at least 4 members (excludes halogenated alkanes) is 13. The predicted molar refractivity (Wildman–Crippen MR) is 154 cm³/mol. The lowest BCUT2D eigenvalue weighted by atomic mass is 9.93. The van der Waals surface area contributed by atoms with Crippen molar-refractivity contribution >= 4 is 17.6 Å². The monoisotopic (exact) mass is 565 g/mol. The maximum absolute atomic E-state index is 12.5. The highest BCUT2D eigenvalue weighted by molar-refractivity contribution is 5.94. The molecule has 0 bridgehead atoms. The Hall–Kier alpha value is -2.04. The first-order chi connectivity index (χ1) is 19.3. The summed E-state index contributed by atoms with van der Waals surface area (Å²) in [6, 6.07) is 5.80. The molecule has 40 heavy (non-hydrogen) atoms. The third-order valence-electron chi connectivity index (χ3n) is 7.52. The van der Waals surface area contributed by atoms with Crippen molar-refractivity contribution in [1.82, 2.24) is 0 Å². The van der Waals surface area contributed by atoms with Gasteiger partial charge in [0.25, 0.3) is 0 Å². The fourth-order valence-corrected chi connectivity index (χ4v) is 5.06. The Balaban J connectivity index is 1.58. The first-order valence-electron chi connectivity index (χ1n) is 15.2. The summed E-state index contributed by atoms with van der Waals surface area (Å²) < 4.78 is 11.4. The molecule has 0 aliphatic carbocycles. The molecular formula is C31H51NO8. The zero-order chi connectivity index (χ0) is 29.2. The van der Waals surface area contributed by atoms with E-state index in [0.29, 0.717) is 12.3 Å². The number of hydrogen-bond donors (Lipinski definition) is 5. The summed E-state index contributed by atoms with van der Waals surface area (Å²) in [6.07, 6.45) is 11.4. The van der Waals surface area contributed by atoms with Gasteiger partial charge in [0.2, 0.25) is 5.91 Å². The van der Waals surface area contributed by atoms with Crippen molar-refractivity contribution in [2.24, 2.45) is 0 Å². The smallest absolute Gasteiger partial charge is 0.335 e. The number of carboxylic acids is 1. The minimum Gasteiger partial charge on any atom is -0.478 e. The topological polar surface area (TPSA) is 146 Å². The van der Waals surface area contributed by atoms with Gasteiger partial charge < -0.3 is 35.2 Å².